The first-order chi connectivity index (χ1) is 10.2. The normalized spacial score (nSPS) is 11.7. The first-order valence-corrected chi connectivity index (χ1v) is 8.48. The van der Waals surface area contributed by atoms with Crippen LogP contribution < -0.4 is 16.6 Å². The van der Waals surface area contributed by atoms with Gasteiger partial charge in [-0.1, -0.05) is 23.1 Å². The zero-order chi connectivity index (χ0) is 16.5. The fourth-order valence-corrected chi connectivity index (χ4v) is 3.67. The minimum absolute atomic E-state index is 0.0724. The minimum atomic E-state index is -0.324. The Bertz CT molecular complexity index is 785. The topological polar surface area (TPSA) is 81.8 Å². The maximum absolute atomic E-state index is 11.9. The van der Waals surface area contributed by atoms with Gasteiger partial charge in [0.1, 0.15) is 0 Å². The lowest BCUT2D eigenvalue weighted by Gasteiger charge is -2.18. The van der Waals surface area contributed by atoms with Crippen LogP contribution in [0.5, 0.6) is 0 Å². The summed E-state index contributed by atoms with van der Waals surface area (Å²) in [6.45, 7) is 6.16. The number of hydrogen-bond acceptors (Lipinski definition) is 7. The van der Waals surface area contributed by atoms with E-state index in [0.29, 0.717) is 11.4 Å². The predicted octanol–water partition coefficient (Wildman–Crippen LogP) is 1.44. The third-order valence-electron chi connectivity index (χ3n) is 2.86. The van der Waals surface area contributed by atoms with Gasteiger partial charge in [0, 0.05) is 37.1 Å². The summed E-state index contributed by atoms with van der Waals surface area (Å²) in [6, 6.07) is 1.48. The van der Waals surface area contributed by atoms with E-state index in [1.165, 1.54) is 40.8 Å². The zero-order valence-electron chi connectivity index (χ0n) is 13.2. The number of hydrogen-bond donors (Lipinski definition) is 1. The molecule has 0 amide bonds. The Morgan fingerprint density at radius 2 is 1.91 bits per heavy atom. The largest absolute Gasteiger partial charge is 0.355 e. The molecular formula is C13H19N5O2S2. The molecular weight excluding hydrogens is 322 g/mol. The summed E-state index contributed by atoms with van der Waals surface area (Å²) in [7, 11) is 3.13. The molecule has 0 aliphatic heterocycles. The molecule has 0 saturated carbocycles. The Hall–Kier alpha value is -1.61. The van der Waals surface area contributed by atoms with E-state index >= 15 is 0 Å². The number of rotatable bonds is 4. The number of aromatic nitrogens is 4. The van der Waals surface area contributed by atoms with Crippen molar-refractivity contribution in [1.29, 1.82) is 0 Å². The number of anilines is 1. The average Bonchev–Trinajstić information content (AvgIpc) is 2.84. The van der Waals surface area contributed by atoms with Crippen LogP contribution in [0.2, 0.25) is 0 Å². The van der Waals surface area contributed by atoms with E-state index in [9.17, 15) is 9.59 Å². The number of thioether (sulfide) groups is 1. The van der Waals surface area contributed by atoms with Crippen LogP contribution >= 0.6 is 23.1 Å². The summed E-state index contributed by atoms with van der Waals surface area (Å²) in [6.07, 6.45) is 0. The molecule has 9 heteroatoms. The van der Waals surface area contributed by atoms with E-state index in [1.807, 2.05) is 0 Å². The highest BCUT2D eigenvalue weighted by Gasteiger charge is 2.14. The van der Waals surface area contributed by atoms with E-state index in [0.717, 1.165) is 14.0 Å². The Labute approximate surface area is 136 Å². The van der Waals surface area contributed by atoms with E-state index in [2.05, 4.69) is 36.3 Å². The summed E-state index contributed by atoms with van der Waals surface area (Å²) in [5.41, 5.74) is -0.0306. The molecule has 0 fully saturated rings. The average molecular weight is 341 g/mol. The van der Waals surface area contributed by atoms with Crippen LogP contribution in [-0.2, 0) is 19.8 Å². The van der Waals surface area contributed by atoms with Crippen molar-refractivity contribution in [3.8, 4) is 0 Å². The van der Waals surface area contributed by atoms with Crippen LogP contribution in [0.3, 0.4) is 0 Å². The van der Waals surface area contributed by atoms with E-state index < -0.39 is 0 Å². The number of nitrogens with one attached hydrogen (secondary N) is 1. The monoisotopic (exact) mass is 341 g/mol. The summed E-state index contributed by atoms with van der Waals surface area (Å²) in [5, 5.41) is 12.2. The Balaban J connectivity index is 2.11. The van der Waals surface area contributed by atoms with Crippen molar-refractivity contribution in [3.05, 3.63) is 32.6 Å². The van der Waals surface area contributed by atoms with Crippen LogP contribution in [0.15, 0.2) is 20.0 Å². The standard InChI is InChI=1S/C13H19N5O2S2/c1-13(2,3)14-10-15-16-11(22-10)21-7-8-6-9(19)18(5)12(20)17(8)4/h6H,7H2,1-5H3,(H,14,15). The van der Waals surface area contributed by atoms with Crippen molar-refractivity contribution in [2.24, 2.45) is 14.1 Å². The van der Waals surface area contributed by atoms with Gasteiger partial charge in [-0.3, -0.25) is 13.9 Å². The second kappa shape index (κ2) is 6.25. The maximum Gasteiger partial charge on any atom is 0.330 e. The van der Waals surface area contributed by atoms with Crippen molar-refractivity contribution >= 4 is 28.2 Å². The highest BCUT2D eigenvalue weighted by Crippen LogP contribution is 2.29. The summed E-state index contributed by atoms with van der Waals surface area (Å²) in [4.78, 5) is 23.6. The zero-order valence-corrected chi connectivity index (χ0v) is 14.8. The molecule has 0 bridgehead atoms. The van der Waals surface area contributed by atoms with Gasteiger partial charge in [-0.15, -0.1) is 10.2 Å². The molecule has 0 spiro atoms. The lowest BCUT2D eigenvalue weighted by Crippen LogP contribution is -2.37. The van der Waals surface area contributed by atoms with Gasteiger partial charge in [-0.05, 0) is 20.8 Å². The first kappa shape index (κ1) is 16.8. The molecule has 2 heterocycles. The first-order valence-electron chi connectivity index (χ1n) is 6.68. The van der Waals surface area contributed by atoms with Gasteiger partial charge in [0.25, 0.3) is 5.56 Å². The molecule has 2 aromatic rings. The Kier molecular flexibility index (Phi) is 4.76. The molecule has 2 rings (SSSR count). The fraction of sp³-hybridized carbons (Fsp3) is 0.538. The number of nitrogens with zero attached hydrogens (tertiary/aromatic N) is 4. The molecule has 7 nitrogen and oxygen atoms in total. The van der Waals surface area contributed by atoms with Crippen LogP contribution in [-0.4, -0.2) is 24.9 Å². The molecule has 0 aliphatic carbocycles. The smallest absolute Gasteiger partial charge is 0.330 e. The third kappa shape index (κ3) is 3.98. The Morgan fingerprint density at radius 1 is 1.23 bits per heavy atom. The molecule has 22 heavy (non-hydrogen) atoms. The summed E-state index contributed by atoms with van der Waals surface area (Å²) < 4.78 is 3.36. The Morgan fingerprint density at radius 3 is 2.55 bits per heavy atom. The highest BCUT2D eigenvalue weighted by atomic mass is 32.2. The van der Waals surface area contributed by atoms with Gasteiger partial charge in [0.15, 0.2) is 4.34 Å². The van der Waals surface area contributed by atoms with Crippen molar-refractivity contribution < 1.29 is 0 Å². The van der Waals surface area contributed by atoms with E-state index in [-0.39, 0.29) is 16.8 Å². The van der Waals surface area contributed by atoms with Gasteiger partial charge >= 0.3 is 5.69 Å². The van der Waals surface area contributed by atoms with Crippen molar-refractivity contribution in [1.82, 2.24) is 19.3 Å². The molecule has 1 N–H and O–H groups in total. The van der Waals surface area contributed by atoms with Crippen molar-refractivity contribution in [3.63, 3.8) is 0 Å². The lowest BCUT2D eigenvalue weighted by molar-refractivity contribution is 0.631. The molecule has 0 unspecified atom stereocenters. The lowest BCUT2D eigenvalue weighted by atomic mass is 10.1. The molecule has 2 aromatic heterocycles. The van der Waals surface area contributed by atoms with Gasteiger partial charge in [-0.2, -0.15) is 0 Å². The molecule has 0 saturated heterocycles. The van der Waals surface area contributed by atoms with Crippen molar-refractivity contribution in [2.45, 2.75) is 36.4 Å². The SMILES string of the molecule is Cn1c(CSc2nnc(NC(C)(C)C)s2)cc(=O)n(C)c1=O. The van der Waals surface area contributed by atoms with Crippen LogP contribution in [0, 0.1) is 0 Å². The molecule has 0 aliphatic rings. The molecule has 0 atom stereocenters. The fourth-order valence-electron chi connectivity index (χ4n) is 1.69. The van der Waals surface area contributed by atoms with Gasteiger partial charge in [0.05, 0.1) is 0 Å². The minimum Gasteiger partial charge on any atom is -0.355 e. The molecule has 0 aromatic carbocycles. The second-order valence-corrected chi connectivity index (χ2v) is 8.11. The van der Waals surface area contributed by atoms with Crippen LogP contribution in [0.25, 0.3) is 0 Å². The molecule has 120 valence electrons. The maximum atomic E-state index is 11.9. The quantitative estimate of drug-likeness (QED) is 0.848. The van der Waals surface area contributed by atoms with Crippen molar-refractivity contribution in [2.75, 3.05) is 5.32 Å². The predicted molar refractivity (Wildman–Crippen MR) is 89.8 cm³/mol. The summed E-state index contributed by atoms with van der Waals surface area (Å²) in [5.74, 6) is 0.492. The van der Waals surface area contributed by atoms with Crippen LogP contribution in [0.1, 0.15) is 26.5 Å². The summed E-state index contributed by atoms with van der Waals surface area (Å²) >= 11 is 2.91. The van der Waals surface area contributed by atoms with Gasteiger partial charge < -0.3 is 5.32 Å². The second-order valence-electron chi connectivity index (χ2n) is 5.91. The van der Waals surface area contributed by atoms with Gasteiger partial charge in [-0.25, -0.2) is 4.79 Å². The van der Waals surface area contributed by atoms with Crippen LogP contribution in [0.4, 0.5) is 5.13 Å². The van der Waals surface area contributed by atoms with E-state index in [1.54, 1.807) is 7.05 Å². The van der Waals surface area contributed by atoms with Gasteiger partial charge in [0.2, 0.25) is 5.13 Å². The third-order valence-corrected chi connectivity index (χ3v) is 4.86. The molecule has 0 radical (unpaired) electrons. The highest BCUT2D eigenvalue weighted by molar-refractivity contribution is 8.00. The van der Waals surface area contributed by atoms with E-state index in [4.69, 9.17) is 0 Å².